The highest BCUT2D eigenvalue weighted by atomic mass is 32.2. The topological polar surface area (TPSA) is 109 Å². The van der Waals surface area contributed by atoms with Crippen molar-refractivity contribution in [3.05, 3.63) is 47.4 Å². The minimum Gasteiger partial charge on any atom is -0.465 e. The predicted molar refractivity (Wildman–Crippen MR) is 117 cm³/mol. The Hall–Kier alpha value is -2.69. The Morgan fingerprint density at radius 2 is 1.78 bits per heavy atom. The molecule has 0 unspecified atom stereocenters. The number of fused-ring (bicyclic) bond motifs is 1. The summed E-state index contributed by atoms with van der Waals surface area (Å²) in [6, 6.07) is 8.28. The van der Waals surface area contributed by atoms with Crippen molar-refractivity contribution in [2.24, 2.45) is 0 Å². The van der Waals surface area contributed by atoms with Gasteiger partial charge < -0.3 is 19.0 Å². The molecule has 1 N–H and O–H groups in total. The van der Waals surface area contributed by atoms with Gasteiger partial charge in [-0.1, -0.05) is 0 Å². The number of benzene rings is 1. The summed E-state index contributed by atoms with van der Waals surface area (Å²) in [5, 5.41) is 0. The second kappa shape index (κ2) is 9.43. The molecule has 2 aliphatic rings. The number of morpholine rings is 1. The Morgan fingerprint density at radius 1 is 1.03 bits per heavy atom. The molecule has 32 heavy (non-hydrogen) atoms. The third kappa shape index (κ3) is 5.03. The SMILES string of the molecule is Cc1ccc(CNS(=O)(=O)c2ccc3c(c2)CCN3C(=O)CCC(=O)N2CCOCC2)o1. The molecule has 0 saturated carbocycles. The van der Waals surface area contributed by atoms with E-state index >= 15 is 0 Å². The van der Waals surface area contributed by atoms with Gasteiger partial charge in [0.2, 0.25) is 21.8 Å². The number of carbonyl (C=O) groups is 2. The van der Waals surface area contributed by atoms with Gasteiger partial charge in [-0.05, 0) is 49.2 Å². The molecule has 0 atom stereocenters. The average Bonchev–Trinajstić information content (AvgIpc) is 3.42. The fourth-order valence-electron chi connectivity index (χ4n) is 3.95. The number of furan rings is 1. The number of carbonyl (C=O) groups excluding carboxylic acids is 2. The lowest BCUT2D eigenvalue weighted by molar-refractivity contribution is -0.136. The molecule has 9 nitrogen and oxygen atoms in total. The van der Waals surface area contributed by atoms with Crippen LogP contribution in [0.1, 0.15) is 29.9 Å². The van der Waals surface area contributed by atoms with E-state index in [2.05, 4.69) is 4.72 Å². The van der Waals surface area contributed by atoms with E-state index in [9.17, 15) is 18.0 Å². The van der Waals surface area contributed by atoms with Gasteiger partial charge >= 0.3 is 0 Å². The molecule has 2 aromatic rings. The predicted octanol–water partition coefficient (Wildman–Crippen LogP) is 1.59. The maximum Gasteiger partial charge on any atom is 0.240 e. The summed E-state index contributed by atoms with van der Waals surface area (Å²) in [5.41, 5.74) is 1.50. The molecule has 2 aliphatic heterocycles. The van der Waals surface area contributed by atoms with Crippen LogP contribution in [-0.4, -0.2) is 58.0 Å². The van der Waals surface area contributed by atoms with E-state index in [1.807, 2.05) is 0 Å². The molecule has 1 aromatic carbocycles. The zero-order valence-corrected chi connectivity index (χ0v) is 18.8. The molecular formula is C22H27N3O6S. The summed E-state index contributed by atoms with van der Waals surface area (Å²) < 4.78 is 38.5. The second-order valence-corrected chi connectivity index (χ2v) is 9.68. The Kier molecular flexibility index (Phi) is 6.63. The van der Waals surface area contributed by atoms with Gasteiger partial charge in [0, 0.05) is 38.2 Å². The van der Waals surface area contributed by atoms with E-state index in [1.54, 1.807) is 41.0 Å². The van der Waals surface area contributed by atoms with Crippen molar-refractivity contribution in [2.75, 3.05) is 37.7 Å². The van der Waals surface area contributed by atoms with Gasteiger partial charge in [-0.3, -0.25) is 9.59 Å². The smallest absolute Gasteiger partial charge is 0.240 e. The summed E-state index contributed by atoms with van der Waals surface area (Å²) in [6.07, 6.45) is 0.853. The molecular weight excluding hydrogens is 434 g/mol. The molecule has 1 aromatic heterocycles. The van der Waals surface area contributed by atoms with Crippen LogP contribution in [0.15, 0.2) is 39.6 Å². The number of amides is 2. The van der Waals surface area contributed by atoms with Crippen LogP contribution in [0.25, 0.3) is 0 Å². The number of hydrogen-bond donors (Lipinski definition) is 1. The Labute approximate surface area is 187 Å². The first-order valence-electron chi connectivity index (χ1n) is 10.7. The molecule has 0 radical (unpaired) electrons. The van der Waals surface area contributed by atoms with E-state index in [0.29, 0.717) is 56.5 Å². The molecule has 0 aliphatic carbocycles. The van der Waals surface area contributed by atoms with Gasteiger partial charge in [0.05, 0.1) is 24.7 Å². The Bertz CT molecular complexity index is 1100. The summed E-state index contributed by atoms with van der Waals surface area (Å²) in [5.74, 6) is 1.08. The lowest BCUT2D eigenvalue weighted by atomic mass is 10.2. The number of anilines is 1. The summed E-state index contributed by atoms with van der Waals surface area (Å²) >= 11 is 0. The number of rotatable bonds is 7. The minimum atomic E-state index is -3.72. The van der Waals surface area contributed by atoms with Crippen LogP contribution in [0.2, 0.25) is 0 Å². The molecule has 3 heterocycles. The summed E-state index contributed by atoms with van der Waals surface area (Å²) in [4.78, 5) is 28.5. The van der Waals surface area contributed by atoms with Gasteiger partial charge in [-0.25, -0.2) is 13.1 Å². The van der Waals surface area contributed by atoms with Gasteiger partial charge in [-0.15, -0.1) is 0 Å². The minimum absolute atomic E-state index is 0.0414. The van der Waals surface area contributed by atoms with E-state index in [0.717, 1.165) is 5.56 Å². The lowest BCUT2D eigenvalue weighted by Gasteiger charge is -2.27. The van der Waals surface area contributed by atoms with Crippen molar-refractivity contribution < 1.29 is 27.2 Å². The quantitative estimate of drug-likeness (QED) is 0.671. The zero-order valence-electron chi connectivity index (χ0n) is 18.0. The summed E-state index contributed by atoms with van der Waals surface area (Å²) in [6.45, 7) is 4.51. The zero-order chi connectivity index (χ0) is 22.7. The van der Waals surface area contributed by atoms with E-state index in [-0.39, 0.29) is 36.1 Å². The van der Waals surface area contributed by atoms with Crippen LogP contribution in [0, 0.1) is 6.92 Å². The highest BCUT2D eigenvalue weighted by Crippen LogP contribution is 2.31. The van der Waals surface area contributed by atoms with Gasteiger partial charge in [0.15, 0.2) is 0 Å². The van der Waals surface area contributed by atoms with Gasteiger partial charge in [-0.2, -0.15) is 0 Å². The molecule has 0 spiro atoms. The molecule has 0 bridgehead atoms. The molecule has 1 fully saturated rings. The Balaban J connectivity index is 1.37. The van der Waals surface area contributed by atoms with E-state index in [1.165, 1.54) is 6.07 Å². The van der Waals surface area contributed by atoms with Gasteiger partial charge in [0.25, 0.3) is 0 Å². The van der Waals surface area contributed by atoms with Crippen LogP contribution in [0.3, 0.4) is 0 Å². The first-order chi connectivity index (χ1) is 15.3. The molecule has 2 amide bonds. The van der Waals surface area contributed by atoms with Crippen LogP contribution >= 0.6 is 0 Å². The van der Waals surface area contributed by atoms with Gasteiger partial charge in [0.1, 0.15) is 11.5 Å². The fourth-order valence-corrected chi connectivity index (χ4v) is 5.00. The monoisotopic (exact) mass is 461 g/mol. The fraction of sp³-hybridized carbons (Fsp3) is 0.455. The largest absolute Gasteiger partial charge is 0.465 e. The lowest BCUT2D eigenvalue weighted by Crippen LogP contribution is -2.41. The van der Waals surface area contributed by atoms with Crippen LogP contribution in [0.5, 0.6) is 0 Å². The number of hydrogen-bond acceptors (Lipinski definition) is 6. The normalized spacial score (nSPS) is 16.3. The number of ether oxygens (including phenoxy) is 1. The number of nitrogens with zero attached hydrogens (tertiary/aromatic N) is 2. The first kappa shape index (κ1) is 22.5. The Morgan fingerprint density at radius 3 is 2.50 bits per heavy atom. The van der Waals surface area contributed by atoms with E-state index in [4.69, 9.17) is 9.15 Å². The molecule has 1 saturated heterocycles. The maximum atomic E-state index is 12.7. The number of nitrogens with one attached hydrogen (secondary N) is 1. The first-order valence-corrected chi connectivity index (χ1v) is 12.2. The van der Waals surface area contributed by atoms with Crippen molar-refractivity contribution in [3.8, 4) is 0 Å². The number of sulfonamides is 1. The second-order valence-electron chi connectivity index (χ2n) is 7.92. The standard InChI is InChI=1S/C22H27N3O6S/c1-16-2-3-18(31-16)15-23-32(28,29)19-4-5-20-17(14-19)8-9-25(20)22(27)7-6-21(26)24-10-12-30-13-11-24/h2-5,14,23H,6-13,15H2,1H3. The molecule has 172 valence electrons. The van der Waals surface area contributed by atoms with E-state index < -0.39 is 10.0 Å². The van der Waals surface area contributed by atoms with Crippen LogP contribution in [0.4, 0.5) is 5.69 Å². The number of aryl methyl sites for hydroxylation is 1. The third-order valence-electron chi connectivity index (χ3n) is 5.71. The van der Waals surface area contributed by atoms with Crippen molar-refractivity contribution in [1.82, 2.24) is 9.62 Å². The van der Waals surface area contributed by atoms with Crippen molar-refractivity contribution >= 4 is 27.5 Å². The van der Waals surface area contributed by atoms with Crippen LogP contribution in [-0.2, 0) is 37.3 Å². The van der Waals surface area contributed by atoms with Crippen molar-refractivity contribution in [2.45, 2.75) is 37.6 Å². The summed E-state index contributed by atoms with van der Waals surface area (Å²) in [7, 11) is -3.72. The van der Waals surface area contributed by atoms with Crippen molar-refractivity contribution in [1.29, 1.82) is 0 Å². The highest BCUT2D eigenvalue weighted by Gasteiger charge is 2.27. The molecule has 10 heteroatoms. The van der Waals surface area contributed by atoms with Crippen LogP contribution < -0.4 is 9.62 Å². The highest BCUT2D eigenvalue weighted by molar-refractivity contribution is 7.89. The third-order valence-corrected chi connectivity index (χ3v) is 7.11. The maximum absolute atomic E-state index is 12.7. The average molecular weight is 462 g/mol. The molecule has 4 rings (SSSR count). The van der Waals surface area contributed by atoms with Crippen molar-refractivity contribution in [3.63, 3.8) is 0 Å².